The number of nitrogens with zero attached hydrogens (tertiary/aromatic N) is 2. The molecule has 8 heteroatoms. The predicted molar refractivity (Wildman–Crippen MR) is 113 cm³/mol. The number of methoxy groups -OCH3 is 2. The van der Waals surface area contributed by atoms with E-state index in [1.54, 1.807) is 25.6 Å². The summed E-state index contributed by atoms with van der Waals surface area (Å²) in [6.07, 6.45) is 1.92. The summed E-state index contributed by atoms with van der Waals surface area (Å²) in [5.74, 6) is 1.84. The van der Waals surface area contributed by atoms with Gasteiger partial charge in [-0.25, -0.2) is 9.98 Å². The number of hydrogen-bond acceptors (Lipinski definition) is 5. The Balaban J connectivity index is 0.00000312. The molecule has 0 bridgehead atoms. The normalized spacial score (nSPS) is 10.9. The van der Waals surface area contributed by atoms with Crippen LogP contribution in [0.2, 0.25) is 0 Å². The number of nitrogens with two attached hydrogens (primary N) is 1. The van der Waals surface area contributed by atoms with E-state index < -0.39 is 0 Å². The highest BCUT2D eigenvalue weighted by Gasteiger charge is 2.04. The molecular weight excluding hydrogens is 451 g/mol. The van der Waals surface area contributed by atoms with Crippen LogP contribution in [-0.4, -0.2) is 31.7 Å². The van der Waals surface area contributed by atoms with Crippen LogP contribution >= 0.6 is 35.3 Å². The van der Waals surface area contributed by atoms with Crippen molar-refractivity contribution in [1.29, 1.82) is 0 Å². The van der Waals surface area contributed by atoms with Crippen LogP contribution in [0.5, 0.6) is 11.5 Å². The summed E-state index contributed by atoms with van der Waals surface area (Å²) in [4.78, 5) is 8.79. The summed E-state index contributed by atoms with van der Waals surface area (Å²) < 4.78 is 10.5. The molecule has 0 fully saturated rings. The first-order chi connectivity index (χ1) is 11.6. The number of guanidine groups is 1. The monoisotopic (exact) mass is 476 g/mol. The number of rotatable bonds is 8. The number of halogens is 1. The smallest absolute Gasteiger partial charge is 0.188 e. The second-order valence-electron chi connectivity index (χ2n) is 5.30. The van der Waals surface area contributed by atoms with Gasteiger partial charge in [-0.2, -0.15) is 0 Å². The van der Waals surface area contributed by atoms with Gasteiger partial charge in [0.25, 0.3) is 0 Å². The average molecular weight is 476 g/mol. The first-order valence-electron chi connectivity index (χ1n) is 7.78. The lowest BCUT2D eigenvalue weighted by molar-refractivity contribution is 0.354. The Labute approximate surface area is 169 Å². The summed E-state index contributed by atoms with van der Waals surface area (Å²) >= 11 is 1.70. The second kappa shape index (κ2) is 11.1. The van der Waals surface area contributed by atoms with Crippen LogP contribution < -0.4 is 20.5 Å². The van der Waals surface area contributed by atoms with E-state index in [4.69, 9.17) is 15.2 Å². The highest BCUT2D eigenvalue weighted by atomic mass is 127. The number of thiazole rings is 1. The molecule has 0 aliphatic carbocycles. The molecule has 0 saturated carbocycles. The van der Waals surface area contributed by atoms with Gasteiger partial charge in [-0.3, -0.25) is 0 Å². The first kappa shape index (κ1) is 21.5. The van der Waals surface area contributed by atoms with Crippen molar-refractivity contribution < 1.29 is 9.47 Å². The Morgan fingerprint density at radius 3 is 2.68 bits per heavy atom. The fourth-order valence-electron chi connectivity index (χ4n) is 2.18. The molecule has 0 aliphatic heterocycles. The molecule has 25 heavy (non-hydrogen) atoms. The molecule has 0 aliphatic rings. The van der Waals surface area contributed by atoms with Crippen molar-refractivity contribution in [1.82, 2.24) is 10.3 Å². The lowest BCUT2D eigenvalue weighted by atomic mass is 10.2. The van der Waals surface area contributed by atoms with Crippen LogP contribution in [0, 0.1) is 6.92 Å². The molecule has 3 N–H and O–H groups in total. The van der Waals surface area contributed by atoms with Crippen LogP contribution in [0.1, 0.15) is 22.7 Å². The Morgan fingerprint density at radius 2 is 2.04 bits per heavy atom. The summed E-state index contributed by atoms with van der Waals surface area (Å²) in [6, 6.07) is 5.71. The maximum absolute atomic E-state index is 5.90. The number of hydrogen-bond donors (Lipinski definition) is 2. The lowest BCUT2D eigenvalue weighted by Gasteiger charge is -2.09. The van der Waals surface area contributed by atoms with Gasteiger partial charge in [0.05, 0.1) is 25.8 Å². The topological polar surface area (TPSA) is 81.8 Å². The van der Waals surface area contributed by atoms with Gasteiger partial charge < -0.3 is 20.5 Å². The maximum atomic E-state index is 5.90. The minimum absolute atomic E-state index is 0. The Hall–Kier alpha value is -1.55. The van der Waals surface area contributed by atoms with Crippen molar-refractivity contribution in [2.24, 2.45) is 10.7 Å². The van der Waals surface area contributed by atoms with Crippen LogP contribution in [0.4, 0.5) is 0 Å². The molecule has 0 spiro atoms. The maximum Gasteiger partial charge on any atom is 0.188 e. The zero-order chi connectivity index (χ0) is 17.4. The van der Waals surface area contributed by atoms with Gasteiger partial charge in [0.2, 0.25) is 0 Å². The van der Waals surface area contributed by atoms with Crippen molar-refractivity contribution in [2.75, 3.05) is 20.8 Å². The number of nitrogens with one attached hydrogen (secondary N) is 1. The highest BCUT2D eigenvalue weighted by Crippen LogP contribution is 2.27. The summed E-state index contributed by atoms with van der Waals surface area (Å²) in [5.41, 5.74) is 7.99. The molecule has 1 aromatic heterocycles. The summed E-state index contributed by atoms with van der Waals surface area (Å²) in [7, 11) is 3.23. The molecule has 0 atom stereocenters. The van der Waals surface area contributed by atoms with E-state index in [0.29, 0.717) is 24.0 Å². The molecule has 0 amide bonds. The minimum atomic E-state index is 0. The molecule has 2 rings (SSSR count). The van der Waals surface area contributed by atoms with Crippen molar-refractivity contribution in [3.8, 4) is 11.5 Å². The third kappa shape index (κ3) is 7.07. The number of ether oxygens (including phenoxy) is 2. The van der Waals surface area contributed by atoms with Crippen molar-refractivity contribution in [2.45, 2.75) is 26.3 Å². The molecule has 6 nitrogen and oxygen atoms in total. The zero-order valence-corrected chi connectivity index (χ0v) is 17.9. The van der Waals surface area contributed by atoms with E-state index in [9.17, 15) is 0 Å². The van der Waals surface area contributed by atoms with Crippen molar-refractivity contribution in [3.05, 3.63) is 39.8 Å². The van der Waals surface area contributed by atoms with Crippen molar-refractivity contribution in [3.63, 3.8) is 0 Å². The molecule has 0 saturated heterocycles. The molecule has 1 aromatic carbocycles. The number of aromatic nitrogens is 1. The van der Waals surface area contributed by atoms with Gasteiger partial charge in [-0.1, -0.05) is 6.07 Å². The molecule has 1 heterocycles. The average Bonchev–Trinajstić information content (AvgIpc) is 3.01. The third-order valence-electron chi connectivity index (χ3n) is 3.42. The largest absolute Gasteiger partial charge is 0.493 e. The first-order valence-corrected chi connectivity index (χ1v) is 8.66. The van der Waals surface area contributed by atoms with Gasteiger partial charge in [0.15, 0.2) is 17.5 Å². The fourth-order valence-corrected chi connectivity index (χ4v) is 3.00. The molecule has 0 unspecified atom stereocenters. The molecule has 2 aromatic rings. The second-order valence-corrected chi connectivity index (χ2v) is 6.25. The van der Waals surface area contributed by atoms with Crippen LogP contribution in [-0.2, 0) is 13.0 Å². The predicted octanol–water partition coefficient (Wildman–Crippen LogP) is 3.12. The molecule has 0 radical (unpaired) electrons. The van der Waals surface area contributed by atoms with E-state index in [-0.39, 0.29) is 24.0 Å². The van der Waals surface area contributed by atoms with Crippen LogP contribution in [0.15, 0.2) is 28.6 Å². The Morgan fingerprint density at radius 1 is 1.28 bits per heavy atom. The number of aliphatic imine (C=N–C) groups is 1. The summed E-state index contributed by atoms with van der Waals surface area (Å²) in [6.45, 7) is 3.28. The van der Waals surface area contributed by atoms with Crippen LogP contribution in [0.3, 0.4) is 0 Å². The van der Waals surface area contributed by atoms with Gasteiger partial charge >= 0.3 is 0 Å². The SMILES string of the molecule is COc1ccc(CN=C(N)NCCCc2nc(C)cs2)cc1OC.I. The Bertz CT molecular complexity index is 691. The van der Waals surface area contributed by atoms with E-state index in [1.165, 1.54) is 0 Å². The van der Waals surface area contributed by atoms with E-state index in [2.05, 4.69) is 20.7 Å². The van der Waals surface area contributed by atoms with E-state index in [1.807, 2.05) is 25.1 Å². The van der Waals surface area contributed by atoms with Gasteiger partial charge in [0.1, 0.15) is 0 Å². The Kier molecular flexibility index (Phi) is 9.58. The third-order valence-corrected chi connectivity index (χ3v) is 4.45. The zero-order valence-electron chi connectivity index (χ0n) is 14.7. The van der Waals surface area contributed by atoms with E-state index in [0.717, 1.165) is 35.7 Å². The van der Waals surface area contributed by atoms with E-state index >= 15 is 0 Å². The van der Waals surface area contributed by atoms with Gasteiger partial charge in [0, 0.05) is 24.0 Å². The highest BCUT2D eigenvalue weighted by molar-refractivity contribution is 14.0. The molecular formula is C17H25IN4O2S. The number of benzene rings is 1. The fraction of sp³-hybridized carbons (Fsp3) is 0.412. The lowest BCUT2D eigenvalue weighted by Crippen LogP contribution is -2.32. The van der Waals surface area contributed by atoms with Gasteiger partial charge in [-0.15, -0.1) is 35.3 Å². The standard InChI is InChI=1S/C17H24N4O2S.HI/c1-12-11-24-16(21-12)5-4-8-19-17(18)20-10-13-6-7-14(22-2)15(9-13)23-3;/h6-7,9,11H,4-5,8,10H2,1-3H3,(H3,18,19,20);1H. The van der Waals surface area contributed by atoms with Crippen LogP contribution in [0.25, 0.3) is 0 Å². The summed E-state index contributed by atoms with van der Waals surface area (Å²) in [5, 5.41) is 6.36. The minimum Gasteiger partial charge on any atom is -0.493 e. The number of aryl methyl sites for hydroxylation is 2. The van der Waals surface area contributed by atoms with Gasteiger partial charge in [-0.05, 0) is 31.0 Å². The quantitative estimate of drug-likeness (QED) is 0.265. The molecule has 138 valence electrons. The van der Waals surface area contributed by atoms with Crippen molar-refractivity contribution >= 4 is 41.3 Å².